The predicted octanol–water partition coefficient (Wildman–Crippen LogP) is 3.83. The zero-order valence-electron chi connectivity index (χ0n) is 10.3. The average molecular weight is 394 g/mol. The zero-order valence-corrected chi connectivity index (χ0v) is 13.4. The van der Waals surface area contributed by atoms with Crippen LogP contribution >= 0.6 is 39.1 Å². The van der Waals surface area contributed by atoms with Crippen LogP contribution in [0.3, 0.4) is 0 Å². The smallest absolute Gasteiger partial charge is 0.259 e. The number of halogens is 4. The van der Waals surface area contributed by atoms with Crippen molar-refractivity contribution in [1.82, 2.24) is 4.98 Å². The van der Waals surface area contributed by atoms with E-state index in [0.717, 1.165) is 12.1 Å². The van der Waals surface area contributed by atoms with Crippen LogP contribution < -0.4 is 16.6 Å². The number of amides is 1. The molecule has 110 valence electrons. The quantitative estimate of drug-likeness (QED) is 0.546. The molecule has 0 saturated heterocycles. The van der Waals surface area contributed by atoms with Crippen LogP contribution in [-0.4, -0.2) is 10.9 Å². The number of hydrazine groups is 1. The molecular formula is C12H8BrCl2FN4O. The van der Waals surface area contributed by atoms with Gasteiger partial charge in [-0.15, -0.1) is 0 Å². The highest BCUT2D eigenvalue weighted by atomic mass is 79.9. The first-order valence-corrected chi connectivity index (χ1v) is 7.05. The van der Waals surface area contributed by atoms with Gasteiger partial charge in [0.05, 0.1) is 21.3 Å². The second-order valence-electron chi connectivity index (χ2n) is 3.89. The van der Waals surface area contributed by atoms with Crippen molar-refractivity contribution < 1.29 is 9.18 Å². The molecule has 0 fully saturated rings. The van der Waals surface area contributed by atoms with Crippen LogP contribution in [0.1, 0.15) is 10.4 Å². The third-order valence-corrected chi connectivity index (χ3v) is 3.51. The van der Waals surface area contributed by atoms with E-state index in [9.17, 15) is 9.18 Å². The number of hydrogen-bond donors (Lipinski definition) is 3. The average Bonchev–Trinajstić information content (AvgIpc) is 2.42. The number of aromatic nitrogens is 1. The summed E-state index contributed by atoms with van der Waals surface area (Å²) < 4.78 is 13.7. The summed E-state index contributed by atoms with van der Waals surface area (Å²) in [6, 6.07) is 3.61. The van der Waals surface area contributed by atoms with E-state index in [4.69, 9.17) is 29.0 Å². The van der Waals surface area contributed by atoms with E-state index >= 15 is 0 Å². The molecule has 2 rings (SSSR count). The molecule has 0 saturated carbocycles. The first-order chi connectivity index (χ1) is 9.92. The van der Waals surface area contributed by atoms with Gasteiger partial charge in [-0.3, -0.25) is 4.79 Å². The Morgan fingerprint density at radius 1 is 1.29 bits per heavy atom. The number of benzene rings is 1. The number of nitrogens with two attached hydrogens (primary N) is 1. The predicted molar refractivity (Wildman–Crippen MR) is 84.1 cm³/mol. The van der Waals surface area contributed by atoms with Gasteiger partial charge in [-0.25, -0.2) is 15.2 Å². The van der Waals surface area contributed by atoms with Gasteiger partial charge in [0.1, 0.15) is 5.82 Å². The van der Waals surface area contributed by atoms with E-state index in [-0.39, 0.29) is 27.1 Å². The molecule has 0 spiro atoms. The largest absolute Gasteiger partial charge is 0.319 e. The first-order valence-electron chi connectivity index (χ1n) is 5.50. The molecule has 1 aromatic heterocycles. The highest BCUT2D eigenvalue weighted by Crippen LogP contribution is 2.32. The molecule has 21 heavy (non-hydrogen) atoms. The minimum absolute atomic E-state index is 0.0152. The minimum Gasteiger partial charge on any atom is -0.319 e. The monoisotopic (exact) mass is 392 g/mol. The number of nitrogens with zero attached hydrogens (tertiary/aromatic N) is 1. The molecule has 5 nitrogen and oxygen atoms in total. The molecular weight excluding hydrogens is 386 g/mol. The number of pyridine rings is 1. The van der Waals surface area contributed by atoms with Gasteiger partial charge in [0.25, 0.3) is 5.91 Å². The Morgan fingerprint density at radius 3 is 2.48 bits per heavy atom. The maximum Gasteiger partial charge on any atom is 0.259 e. The summed E-state index contributed by atoms with van der Waals surface area (Å²) in [5.74, 6) is 4.32. The van der Waals surface area contributed by atoms with Crippen LogP contribution in [0.4, 0.5) is 15.9 Å². The molecule has 0 radical (unpaired) electrons. The standard InChI is InChI=1S/C12H8BrCl2FN4O/c13-5-1-7(11(20-17)18-4-5)12(21)19-10-8(14)2-6(16)3-9(10)15/h1-4H,17H2,(H,18,20)(H,19,21). The molecule has 0 atom stereocenters. The molecule has 0 aliphatic rings. The molecule has 0 bridgehead atoms. The Labute approximate surface area is 137 Å². The summed E-state index contributed by atoms with van der Waals surface area (Å²) in [7, 11) is 0. The molecule has 1 amide bonds. The van der Waals surface area contributed by atoms with Gasteiger partial charge in [-0.1, -0.05) is 23.2 Å². The summed E-state index contributed by atoms with van der Waals surface area (Å²) in [6.45, 7) is 0. The number of hydrogen-bond acceptors (Lipinski definition) is 4. The van der Waals surface area contributed by atoms with Gasteiger partial charge in [0.15, 0.2) is 5.82 Å². The highest BCUT2D eigenvalue weighted by Gasteiger charge is 2.17. The van der Waals surface area contributed by atoms with Crippen molar-refractivity contribution in [2.45, 2.75) is 0 Å². The van der Waals surface area contributed by atoms with E-state index in [1.165, 1.54) is 12.3 Å². The van der Waals surface area contributed by atoms with Crippen LogP contribution in [0, 0.1) is 5.82 Å². The summed E-state index contributed by atoms with van der Waals surface area (Å²) >= 11 is 14.9. The maximum atomic E-state index is 13.1. The van der Waals surface area contributed by atoms with E-state index in [0.29, 0.717) is 4.47 Å². The number of carbonyl (C=O) groups excluding carboxylic acids is 1. The number of nitrogens with one attached hydrogen (secondary N) is 2. The summed E-state index contributed by atoms with van der Waals surface area (Å²) in [4.78, 5) is 16.2. The van der Waals surface area contributed by atoms with Gasteiger partial charge in [-0.2, -0.15) is 0 Å². The van der Waals surface area contributed by atoms with Crippen molar-refractivity contribution >= 4 is 56.5 Å². The maximum absolute atomic E-state index is 13.1. The van der Waals surface area contributed by atoms with Crippen LogP contribution in [-0.2, 0) is 0 Å². The molecule has 2 aromatic rings. The van der Waals surface area contributed by atoms with Crippen molar-refractivity contribution in [2.75, 3.05) is 10.7 Å². The number of nitrogen functional groups attached to an aromatic ring is 1. The van der Waals surface area contributed by atoms with Crippen molar-refractivity contribution in [1.29, 1.82) is 0 Å². The van der Waals surface area contributed by atoms with E-state index in [2.05, 4.69) is 31.7 Å². The van der Waals surface area contributed by atoms with Gasteiger partial charge in [-0.05, 0) is 34.1 Å². The van der Waals surface area contributed by atoms with Crippen LogP contribution in [0.5, 0.6) is 0 Å². The van der Waals surface area contributed by atoms with Crippen molar-refractivity contribution in [3.63, 3.8) is 0 Å². The fourth-order valence-corrected chi connectivity index (χ4v) is 2.46. The summed E-state index contributed by atoms with van der Waals surface area (Å²) in [6.07, 6.45) is 1.48. The minimum atomic E-state index is -0.601. The van der Waals surface area contributed by atoms with Crippen molar-refractivity contribution in [3.8, 4) is 0 Å². The SMILES string of the molecule is NNc1ncc(Br)cc1C(=O)Nc1c(Cl)cc(F)cc1Cl. The lowest BCUT2D eigenvalue weighted by atomic mass is 10.2. The zero-order chi connectivity index (χ0) is 15.6. The van der Waals surface area contributed by atoms with Crippen molar-refractivity contribution in [2.24, 2.45) is 5.84 Å². The second kappa shape index (κ2) is 6.57. The molecule has 9 heteroatoms. The van der Waals surface area contributed by atoms with Gasteiger partial charge in [0.2, 0.25) is 0 Å². The number of anilines is 2. The van der Waals surface area contributed by atoms with Gasteiger partial charge >= 0.3 is 0 Å². The first kappa shape index (κ1) is 16.0. The fourth-order valence-electron chi connectivity index (χ4n) is 1.57. The topological polar surface area (TPSA) is 80.0 Å². The molecule has 1 aromatic carbocycles. The van der Waals surface area contributed by atoms with E-state index in [1.54, 1.807) is 0 Å². The third-order valence-electron chi connectivity index (χ3n) is 2.48. The van der Waals surface area contributed by atoms with Crippen LogP contribution in [0.25, 0.3) is 0 Å². The van der Waals surface area contributed by atoms with E-state index in [1.807, 2.05) is 0 Å². The van der Waals surface area contributed by atoms with Crippen LogP contribution in [0.15, 0.2) is 28.9 Å². The summed E-state index contributed by atoms with van der Waals surface area (Å²) in [5, 5.41) is 2.47. The number of rotatable bonds is 3. The van der Waals surface area contributed by atoms with Gasteiger partial charge < -0.3 is 10.7 Å². The van der Waals surface area contributed by atoms with E-state index < -0.39 is 11.7 Å². The Kier molecular flexibility index (Phi) is 5.00. The Morgan fingerprint density at radius 2 is 1.90 bits per heavy atom. The molecule has 0 aliphatic carbocycles. The number of carbonyl (C=O) groups is 1. The Balaban J connectivity index is 2.37. The third kappa shape index (κ3) is 3.62. The van der Waals surface area contributed by atoms with Crippen molar-refractivity contribution in [3.05, 3.63) is 50.3 Å². The lowest BCUT2D eigenvalue weighted by molar-refractivity contribution is 0.102. The normalized spacial score (nSPS) is 10.3. The molecule has 4 N–H and O–H groups in total. The lowest BCUT2D eigenvalue weighted by Gasteiger charge is -2.12. The van der Waals surface area contributed by atoms with Gasteiger partial charge in [0, 0.05) is 10.7 Å². The molecule has 0 unspecified atom stereocenters. The Hall–Kier alpha value is -1.41. The lowest BCUT2D eigenvalue weighted by Crippen LogP contribution is -2.18. The fraction of sp³-hybridized carbons (Fsp3) is 0. The second-order valence-corrected chi connectivity index (χ2v) is 5.62. The molecule has 1 heterocycles. The highest BCUT2D eigenvalue weighted by molar-refractivity contribution is 9.10. The Bertz CT molecular complexity index is 691. The summed E-state index contributed by atoms with van der Waals surface area (Å²) in [5.41, 5.74) is 2.58. The van der Waals surface area contributed by atoms with Crippen LogP contribution in [0.2, 0.25) is 10.0 Å². The molecule has 0 aliphatic heterocycles.